The number of nitriles is 1. The van der Waals surface area contributed by atoms with Gasteiger partial charge in [-0.1, -0.05) is 18.5 Å². The van der Waals surface area contributed by atoms with E-state index in [1.54, 1.807) is 18.2 Å². The number of nitrogens with zero attached hydrogens (tertiary/aromatic N) is 1. The van der Waals surface area contributed by atoms with Crippen molar-refractivity contribution < 1.29 is 5.11 Å². The van der Waals surface area contributed by atoms with Crippen LogP contribution in [0.4, 0.5) is 5.69 Å². The average Bonchev–Trinajstić information content (AvgIpc) is 2.31. The third-order valence-electron chi connectivity index (χ3n) is 2.66. The van der Waals surface area contributed by atoms with Crippen molar-refractivity contribution in [2.24, 2.45) is 0 Å². The number of hydrogen-bond donors (Lipinski definition) is 2. The Labute approximate surface area is 101 Å². The molecule has 0 heterocycles. The van der Waals surface area contributed by atoms with E-state index in [0.29, 0.717) is 10.6 Å². The third kappa shape index (κ3) is 2.88. The van der Waals surface area contributed by atoms with Crippen LogP contribution in [0.25, 0.3) is 0 Å². The molecule has 1 aromatic rings. The maximum absolute atomic E-state index is 9.28. The van der Waals surface area contributed by atoms with Gasteiger partial charge in [0.1, 0.15) is 0 Å². The van der Waals surface area contributed by atoms with Gasteiger partial charge in [-0.05, 0) is 31.5 Å². The monoisotopic (exact) mass is 238 g/mol. The lowest BCUT2D eigenvalue weighted by Gasteiger charge is -2.29. The SMILES string of the molecule is CCC(C)(CO)Nc1ccc(C#N)cc1Cl. The van der Waals surface area contributed by atoms with Crippen LogP contribution in [0.15, 0.2) is 18.2 Å². The molecule has 0 aromatic heterocycles. The van der Waals surface area contributed by atoms with E-state index in [-0.39, 0.29) is 6.61 Å². The summed E-state index contributed by atoms with van der Waals surface area (Å²) >= 11 is 6.03. The van der Waals surface area contributed by atoms with Crippen LogP contribution >= 0.6 is 11.6 Å². The van der Waals surface area contributed by atoms with E-state index in [1.807, 2.05) is 19.9 Å². The van der Waals surface area contributed by atoms with Crippen molar-refractivity contribution in [1.29, 1.82) is 5.26 Å². The van der Waals surface area contributed by atoms with Crippen molar-refractivity contribution in [1.82, 2.24) is 0 Å². The number of halogens is 1. The molecule has 0 aliphatic carbocycles. The number of hydrogen-bond acceptors (Lipinski definition) is 3. The molecule has 0 radical (unpaired) electrons. The van der Waals surface area contributed by atoms with Crippen molar-refractivity contribution in [3.8, 4) is 6.07 Å². The van der Waals surface area contributed by atoms with Crippen LogP contribution in [0, 0.1) is 11.3 Å². The van der Waals surface area contributed by atoms with Crippen LogP contribution in [0.1, 0.15) is 25.8 Å². The highest BCUT2D eigenvalue weighted by atomic mass is 35.5. The summed E-state index contributed by atoms with van der Waals surface area (Å²) < 4.78 is 0. The normalized spacial score (nSPS) is 13.9. The summed E-state index contributed by atoms with van der Waals surface area (Å²) in [5.74, 6) is 0. The predicted molar refractivity (Wildman–Crippen MR) is 65.6 cm³/mol. The highest BCUT2D eigenvalue weighted by molar-refractivity contribution is 6.33. The summed E-state index contributed by atoms with van der Waals surface area (Å²) in [4.78, 5) is 0. The van der Waals surface area contributed by atoms with E-state index in [0.717, 1.165) is 12.1 Å². The van der Waals surface area contributed by atoms with Crippen LogP contribution in [0.5, 0.6) is 0 Å². The van der Waals surface area contributed by atoms with E-state index in [4.69, 9.17) is 16.9 Å². The predicted octanol–water partition coefficient (Wildman–Crippen LogP) is 2.78. The van der Waals surface area contributed by atoms with Crippen LogP contribution in [0.2, 0.25) is 5.02 Å². The molecule has 3 nitrogen and oxygen atoms in total. The second kappa shape index (κ2) is 5.20. The first-order valence-corrected chi connectivity index (χ1v) is 5.51. The van der Waals surface area contributed by atoms with Crippen LogP contribution in [0.3, 0.4) is 0 Å². The third-order valence-corrected chi connectivity index (χ3v) is 2.98. The van der Waals surface area contributed by atoms with E-state index >= 15 is 0 Å². The van der Waals surface area contributed by atoms with Gasteiger partial charge in [-0.2, -0.15) is 5.26 Å². The van der Waals surface area contributed by atoms with Crippen molar-refractivity contribution in [3.05, 3.63) is 28.8 Å². The van der Waals surface area contributed by atoms with Crippen LogP contribution < -0.4 is 5.32 Å². The first-order valence-electron chi connectivity index (χ1n) is 5.13. The molecule has 1 atom stereocenters. The molecule has 1 unspecified atom stereocenters. The first kappa shape index (κ1) is 12.8. The fraction of sp³-hybridized carbons (Fsp3) is 0.417. The zero-order valence-corrected chi connectivity index (χ0v) is 10.2. The second-order valence-electron chi connectivity index (χ2n) is 4.00. The molecule has 16 heavy (non-hydrogen) atoms. The van der Waals surface area contributed by atoms with E-state index in [9.17, 15) is 5.11 Å². The number of anilines is 1. The lowest BCUT2D eigenvalue weighted by Crippen LogP contribution is -2.38. The summed E-state index contributed by atoms with van der Waals surface area (Å²) in [6.45, 7) is 3.93. The quantitative estimate of drug-likeness (QED) is 0.848. The molecule has 4 heteroatoms. The van der Waals surface area contributed by atoms with Gasteiger partial charge in [0.05, 0.1) is 34.5 Å². The van der Waals surface area contributed by atoms with Crippen molar-refractivity contribution >= 4 is 17.3 Å². The van der Waals surface area contributed by atoms with Gasteiger partial charge in [-0.25, -0.2) is 0 Å². The van der Waals surface area contributed by atoms with E-state index in [2.05, 4.69) is 5.32 Å². The Hall–Kier alpha value is -1.24. The minimum atomic E-state index is -0.391. The molecular formula is C12H15ClN2O. The van der Waals surface area contributed by atoms with Gasteiger partial charge in [-0.15, -0.1) is 0 Å². The molecular weight excluding hydrogens is 224 g/mol. The molecule has 0 saturated carbocycles. The Morgan fingerprint density at radius 2 is 2.25 bits per heavy atom. The molecule has 1 aromatic carbocycles. The Bertz CT molecular complexity index is 408. The maximum Gasteiger partial charge on any atom is 0.0992 e. The number of benzene rings is 1. The Morgan fingerprint density at radius 3 is 2.69 bits per heavy atom. The summed E-state index contributed by atoms with van der Waals surface area (Å²) in [6.07, 6.45) is 0.778. The summed E-state index contributed by atoms with van der Waals surface area (Å²) in [5, 5.41) is 21.7. The maximum atomic E-state index is 9.28. The van der Waals surface area contributed by atoms with E-state index in [1.165, 1.54) is 0 Å². The Balaban J connectivity index is 2.94. The molecule has 0 saturated heterocycles. The molecule has 0 amide bonds. The van der Waals surface area contributed by atoms with Gasteiger partial charge in [-0.3, -0.25) is 0 Å². The summed E-state index contributed by atoms with van der Waals surface area (Å²) in [5.41, 5.74) is 0.870. The first-order chi connectivity index (χ1) is 7.54. The molecule has 0 aliphatic heterocycles. The van der Waals surface area contributed by atoms with Gasteiger partial charge < -0.3 is 10.4 Å². The highest BCUT2D eigenvalue weighted by Gasteiger charge is 2.21. The molecule has 0 bridgehead atoms. The summed E-state index contributed by atoms with van der Waals surface area (Å²) in [7, 11) is 0. The number of aliphatic hydroxyl groups excluding tert-OH is 1. The van der Waals surface area contributed by atoms with Gasteiger partial charge in [0.25, 0.3) is 0 Å². The second-order valence-corrected chi connectivity index (χ2v) is 4.41. The fourth-order valence-corrected chi connectivity index (χ4v) is 1.48. The van der Waals surface area contributed by atoms with E-state index < -0.39 is 5.54 Å². The number of nitrogens with one attached hydrogen (secondary N) is 1. The molecule has 86 valence electrons. The standard InChI is InChI=1S/C12H15ClN2O/c1-3-12(2,8-16)15-11-5-4-9(7-14)6-10(11)13/h4-6,15-16H,3,8H2,1-2H3. The molecule has 0 aliphatic rings. The fourth-order valence-electron chi connectivity index (χ4n) is 1.25. The zero-order valence-electron chi connectivity index (χ0n) is 9.42. The Morgan fingerprint density at radius 1 is 1.56 bits per heavy atom. The van der Waals surface area contributed by atoms with Crippen LogP contribution in [-0.4, -0.2) is 17.3 Å². The minimum absolute atomic E-state index is 0.0276. The van der Waals surface area contributed by atoms with Crippen molar-refractivity contribution in [3.63, 3.8) is 0 Å². The highest BCUT2D eigenvalue weighted by Crippen LogP contribution is 2.26. The van der Waals surface area contributed by atoms with Crippen molar-refractivity contribution in [2.45, 2.75) is 25.8 Å². The Kier molecular flexibility index (Phi) is 4.17. The topological polar surface area (TPSA) is 56.0 Å². The number of rotatable bonds is 4. The molecule has 1 rings (SSSR count). The minimum Gasteiger partial charge on any atom is -0.394 e. The van der Waals surface area contributed by atoms with Gasteiger partial charge in [0.15, 0.2) is 0 Å². The smallest absolute Gasteiger partial charge is 0.0992 e. The lowest BCUT2D eigenvalue weighted by molar-refractivity contribution is 0.219. The van der Waals surface area contributed by atoms with Gasteiger partial charge in [0, 0.05) is 0 Å². The average molecular weight is 239 g/mol. The number of aliphatic hydroxyl groups is 1. The molecule has 0 fully saturated rings. The largest absolute Gasteiger partial charge is 0.394 e. The van der Waals surface area contributed by atoms with Gasteiger partial charge >= 0.3 is 0 Å². The zero-order chi connectivity index (χ0) is 12.2. The van der Waals surface area contributed by atoms with Crippen LogP contribution in [-0.2, 0) is 0 Å². The molecule has 0 spiro atoms. The lowest BCUT2D eigenvalue weighted by atomic mass is 9.99. The van der Waals surface area contributed by atoms with Crippen molar-refractivity contribution in [2.75, 3.05) is 11.9 Å². The summed E-state index contributed by atoms with van der Waals surface area (Å²) in [6, 6.07) is 7.08. The van der Waals surface area contributed by atoms with Gasteiger partial charge in [0.2, 0.25) is 0 Å². The molecule has 2 N–H and O–H groups in total.